The summed E-state index contributed by atoms with van der Waals surface area (Å²) in [7, 11) is 0. The van der Waals surface area contributed by atoms with E-state index in [9.17, 15) is 9.90 Å². The maximum Gasteiger partial charge on any atom is 0.221 e. The summed E-state index contributed by atoms with van der Waals surface area (Å²) in [6, 6.07) is 9.28. The SMILES string of the molecule is O=C(SC1CCN2C(=N1)SCC2O)c1ccccc1. The molecule has 1 aromatic rings. The summed E-state index contributed by atoms with van der Waals surface area (Å²) in [5.74, 6) is 0.669. The highest BCUT2D eigenvalue weighted by molar-refractivity contribution is 8.15. The van der Waals surface area contributed by atoms with Crippen molar-refractivity contribution in [1.82, 2.24) is 4.90 Å². The van der Waals surface area contributed by atoms with Crippen LogP contribution >= 0.6 is 23.5 Å². The molecule has 2 atom stereocenters. The summed E-state index contributed by atoms with van der Waals surface area (Å²) in [6.45, 7) is 0.771. The van der Waals surface area contributed by atoms with Crippen LogP contribution in [-0.2, 0) is 0 Å². The van der Waals surface area contributed by atoms with Gasteiger partial charge in [0.25, 0.3) is 0 Å². The van der Waals surface area contributed by atoms with Crippen molar-refractivity contribution in [2.75, 3.05) is 12.3 Å². The van der Waals surface area contributed by atoms with Crippen molar-refractivity contribution in [2.45, 2.75) is 18.0 Å². The minimum atomic E-state index is -0.417. The fourth-order valence-corrected chi connectivity index (χ4v) is 4.11. The maximum absolute atomic E-state index is 12.1. The number of aliphatic hydroxyl groups is 1. The molecule has 1 N–H and O–H groups in total. The molecule has 0 aliphatic carbocycles. The molecule has 4 nitrogen and oxygen atoms in total. The summed E-state index contributed by atoms with van der Waals surface area (Å²) >= 11 is 2.84. The average Bonchev–Trinajstić information content (AvgIpc) is 2.81. The van der Waals surface area contributed by atoms with Crippen molar-refractivity contribution in [2.24, 2.45) is 4.99 Å². The Morgan fingerprint density at radius 1 is 1.42 bits per heavy atom. The second-order valence-corrected chi connectivity index (χ2v) is 6.55. The highest BCUT2D eigenvalue weighted by atomic mass is 32.2. The Labute approximate surface area is 120 Å². The largest absolute Gasteiger partial charge is 0.373 e. The number of rotatable bonds is 2. The fourth-order valence-electron chi connectivity index (χ4n) is 2.09. The van der Waals surface area contributed by atoms with Gasteiger partial charge in [0.2, 0.25) is 5.12 Å². The van der Waals surface area contributed by atoms with E-state index >= 15 is 0 Å². The quantitative estimate of drug-likeness (QED) is 0.904. The van der Waals surface area contributed by atoms with Crippen LogP contribution in [0, 0.1) is 0 Å². The summed E-state index contributed by atoms with van der Waals surface area (Å²) < 4.78 is 0. The number of amidine groups is 1. The Balaban J connectivity index is 1.67. The van der Waals surface area contributed by atoms with Crippen molar-refractivity contribution in [3.05, 3.63) is 35.9 Å². The summed E-state index contributed by atoms with van der Waals surface area (Å²) in [6.07, 6.45) is 0.379. The number of nitrogens with zero attached hydrogens (tertiary/aromatic N) is 2. The molecule has 0 aromatic heterocycles. The molecule has 1 aromatic carbocycles. The number of carbonyl (C=O) groups is 1. The third-order valence-corrected chi connectivity index (χ3v) is 5.22. The lowest BCUT2D eigenvalue weighted by Crippen LogP contribution is -2.39. The Morgan fingerprint density at radius 3 is 3.00 bits per heavy atom. The number of hydrogen-bond donors (Lipinski definition) is 1. The average molecular weight is 294 g/mol. The van der Waals surface area contributed by atoms with Crippen molar-refractivity contribution < 1.29 is 9.90 Å². The van der Waals surface area contributed by atoms with Gasteiger partial charge in [-0.25, -0.2) is 4.99 Å². The first-order valence-corrected chi connectivity index (χ1v) is 8.02. The van der Waals surface area contributed by atoms with E-state index in [0.717, 1.165) is 18.1 Å². The number of benzene rings is 1. The standard InChI is InChI=1S/C13H14N2O2S2/c16-11-8-18-13-14-10(6-7-15(11)13)19-12(17)9-4-2-1-3-5-9/h1-5,10-11,16H,6-8H2. The van der Waals surface area contributed by atoms with Crippen LogP contribution in [0.1, 0.15) is 16.8 Å². The van der Waals surface area contributed by atoms with E-state index in [2.05, 4.69) is 4.99 Å². The van der Waals surface area contributed by atoms with Crippen molar-refractivity contribution >= 4 is 33.8 Å². The van der Waals surface area contributed by atoms with E-state index in [0.29, 0.717) is 11.3 Å². The molecule has 100 valence electrons. The molecule has 2 aliphatic rings. The molecule has 0 saturated carbocycles. The Hall–Kier alpha value is -0.980. The zero-order valence-corrected chi connectivity index (χ0v) is 11.9. The molecule has 1 fully saturated rings. The Morgan fingerprint density at radius 2 is 2.21 bits per heavy atom. The maximum atomic E-state index is 12.1. The lowest BCUT2D eigenvalue weighted by molar-refractivity contribution is 0.0787. The monoisotopic (exact) mass is 294 g/mol. The lowest BCUT2D eigenvalue weighted by atomic mass is 10.2. The van der Waals surface area contributed by atoms with E-state index in [-0.39, 0.29) is 10.5 Å². The van der Waals surface area contributed by atoms with Gasteiger partial charge in [0.15, 0.2) is 5.17 Å². The van der Waals surface area contributed by atoms with E-state index in [1.54, 1.807) is 11.8 Å². The third kappa shape index (κ3) is 2.80. The first kappa shape index (κ1) is 13.0. The predicted octanol–water partition coefficient (Wildman–Crippen LogP) is 2.01. The molecule has 1 saturated heterocycles. The molecule has 2 unspecified atom stereocenters. The van der Waals surface area contributed by atoms with Crippen LogP contribution in [0.15, 0.2) is 35.3 Å². The fraction of sp³-hybridized carbons (Fsp3) is 0.385. The van der Waals surface area contributed by atoms with Gasteiger partial charge in [-0.3, -0.25) is 4.79 Å². The molecule has 0 bridgehead atoms. The Bertz CT molecular complexity index is 507. The zero-order valence-electron chi connectivity index (χ0n) is 10.2. The second kappa shape index (κ2) is 5.56. The third-order valence-electron chi connectivity index (χ3n) is 3.09. The summed E-state index contributed by atoms with van der Waals surface area (Å²) in [4.78, 5) is 18.6. The number of carbonyl (C=O) groups excluding carboxylic acids is 1. The normalized spacial score (nSPS) is 25.9. The molecule has 19 heavy (non-hydrogen) atoms. The predicted molar refractivity (Wildman–Crippen MR) is 79.4 cm³/mol. The highest BCUT2D eigenvalue weighted by Crippen LogP contribution is 2.32. The smallest absolute Gasteiger partial charge is 0.221 e. The van der Waals surface area contributed by atoms with Gasteiger partial charge in [-0.2, -0.15) is 0 Å². The van der Waals surface area contributed by atoms with E-state index in [1.807, 2.05) is 35.2 Å². The summed E-state index contributed by atoms with van der Waals surface area (Å²) in [5, 5.41) is 10.6. The van der Waals surface area contributed by atoms with Gasteiger partial charge in [-0.1, -0.05) is 53.9 Å². The van der Waals surface area contributed by atoms with Gasteiger partial charge in [0.1, 0.15) is 11.6 Å². The van der Waals surface area contributed by atoms with Gasteiger partial charge >= 0.3 is 0 Å². The summed E-state index contributed by atoms with van der Waals surface area (Å²) in [5.41, 5.74) is 0.717. The lowest BCUT2D eigenvalue weighted by Gasteiger charge is -2.28. The molecular weight excluding hydrogens is 280 g/mol. The zero-order chi connectivity index (χ0) is 13.2. The van der Waals surface area contributed by atoms with Gasteiger partial charge < -0.3 is 10.0 Å². The molecule has 0 spiro atoms. The number of aliphatic imine (C=N–C) groups is 1. The Kier molecular flexibility index (Phi) is 3.81. The van der Waals surface area contributed by atoms with Gasteiger partial charge in [-0.05, 0) is 6.42 Å². The van der Waals surface area contributed by atoms with E-state index in [4.69, 9.17) is 0 Å². The van der Waals surface area contributed by atoms with Crippen LogP contribution in [0.3, 0.4) is 0 Å². The first-order valence-electron chi connectivity index (χ1n) is 6.15. The van der Waals surface area contributed by atoms with E-state index < -0.39 is 6.23 Å². The van der Waals surface area contributed by atoms with E-state index in [1.165, 1.54) is 11.8 Å². The topological polar surface area (TPSA) is 52.9 Å². The molecule has 2 aliphatic heterocycles. The van der Waals surface area contributed by atoms with Crippen LogP contribution in [-0.4, -0.2) is 44.2 Å². The number of aliphatic hydroxyl groups excluding tert-OH is 1. The minimum Gasteiger partial charge on any atom is -0.373 e. The number of thioether (sulfide) groups is 2. The van der Waals surface area contributed by atoms with Gasteiger partial charge in [-0.15, -0.1) is 0 Å². The van der Waals surface area contributed by atoms with Crippen molar-refractivity contribution in [3.8, 4) is 0 Å². The van der Waals surface area contributed by atoms with Crippen LogP contribution in [0.4, 0.5) is 0 Å². The molecular formula is C13H14N2O2S2. The van der Waals surface area contributed by atoms with Crippen LogP contribution < -0.4 is 0 Å². The second-order valence-electron chi connectivity index (χ2n) is 4.41. The van der Waals surface area contributed by atoms with Crippen molar-refractivity contribution in [1.29, 1.82) is 0 Å². The van der Waals surface area contributed by atoms with Gasteiger partial charge in [0.05, 0.1) is 0 Å². The molecule has 3 rings (SSSR count). The number of hydrogen-bond acceptors (Lipinski definition) is 6. The van der Waals surface area contributed by atoms with Crippen molar-refractivity contribution in [3.63, 3.8) is 0 Å². The van der Waals surface area contributed by atoms with Gasteiger partial charge in [0, 0.05) is 17.9 Å². The molecule has 6 heteroatoms. The van der Waals surface area contributed by atoms with Crippen LogP contribution in [0.5, 0.6) is 0 Å². The highest BCUT2D eigenvalue weighted by Gasteiger charge is 2.33. The first-order chi connectivity index (χ1) is 9.24. The molecule has 2 heterocycles. The number of fused-ring (bicyclic) bond motifs is 1. The minimum absolute atomic E-state index is 0.0308. The van der Waals surface area contributed by atoms with Crippen LogP contribution in [0.25, 0.3) is 0 Å². The molecule has 0 amide bonds. The molecule has 0 radical (unpaired) electrons. The van der Waals surface area contributed by atoms with Crippen LogP contribution in [0.2, 0.25) is 0 Å².